The quantitative estimate of drug-likeness (QED) is 0.821. The predicted octanol–water partition coefficient (Wildman–Crippen LogP) is 3.65. The normalized spacial score (nSPS) is 17.1. The number of pyridine rings is 1. The lowest BCUT2D eigenvalue weighted by Crippen LogP contribution is -2.24. The second kappa shape index (κ2) is 6.39. The van der Waals surface area contributed by atoms with Crippen molar-refractivity contribution in [1.82, 2.24) is 4.98 Å². The third-order valence-corrected chi connectivity index (χ3v) is 3.23. The monoisotopic (exact) mass is 245 g/mol. The molecule has 1 aromatic rings. The number of rotatable bonds is 1. The zero-order valence-corrected chi connectivity index (χ0v) is 12.0. The molecule has 1 aliphatic heterocycles. The molecular formula is C15H23N3. The van der Waals surface area contributed by atoms with Crippen molar-refractivity contribution >= 4 is 5.69 Å². The van der Waals surface area contributed by atoms with Gasteiger partial charge in [0.15, 0.2) is 0 Å². The van der Waals surface area contributed by atoms with Crippen LogP contribution in [0.3, 0.4) is 0 Å². The first kappa shape index (κ1) is 14.5. The van der Waals surface area contributed by atoms with Gasteiger partial charge < -0.3 is 5.32 Å². The molecule has 0 aliphatic carbocycles. The van der Waals surface area contributed by atoms with E-state index in [0.29, 0.717) is 5.92 Å². The number of anilines is 1. The van der Waals surface area contributed by atoms with Crippen molar-refractivity contribution in [3.63, 3.8) is 0 Å². The molecule has 1 unspecified atom stereocenters. The highest BCUT2D eigenvalue weighted by atomic mass is 14.9. The summed E-state index contributed by atoms with van der Waals surface area (Å²) in [6.45, 7) is 11.2. The van der Waals surface area contributed by atoms with Crippen molar-refractivity contribution in [3.05, 3.63) is 23.0 Å². The first-order valence-electron chi connectivity index (χ1n) is 6.75. The van der Waals surface area contributed by atoms with E-state index in [1.807, 2.05) is 20.0 Å². The molecule has 2 heterocycles. The Kier molecular flexibility index (Phi) is 5.15. The molecule has 1 aromatic heterocycles. The molecule has 1 N–H and O–H groups in total. The van der Waals surface area contributed by atoms with E-state index in [4.69, 9.17) is 5.26 Å². The van der Waals surface area contributed by atoms with E-state index in [2.05, 4.69) is 37.1 Å². The fourth-order valence-electron chi connectivity index (χ4n) is 2.26. The number of nitrogens with zero attached hydrogens (tertiary/aromatic N) is 2. The van der Waals surface area contributed by atoms with Gasteiger partial charge in [-0.3, -0.25) is 4.98 Å². The lowest BCUT2D eigenvalue weighted by Gasteiger charge is -2.24. The first-order chi connectivity index (χ1) is 8.63. The molecule has 0 radical (unpaired) electrons. The molecule has 0 saturated heterocycles. The van der Waals surface area contributed by atoms with E-state index in [1.165, 1.54) is 11.1 Å². The summed E-state index contributed by atoms with van der Waals surface area (Å²) in [5.74, 6) is 0.553. The Morgan fingerprint density at radius 2 is 2.11 bits per heavy atom. The third-order valence-electron chi connectivity index (χ3n) is 3.23. The minimum absolute atomic E-state index is 0.0595. The molecule has 18 heavy (non-hydrogen) atoms. The maximum atomic E-state index is 8.91. The van der Waals surface area contributed by atoms with Crippen LogP contribution in [0.4, 0.5) is 5.69 Å². The smallest absolute Gasteiger partial charge is 0.0692 e. The van der Waals surface area contributed by atoms with E-state index in [1.54, 1.807) is 0 Å². The molecule has 0 fully saturated rings. The van der Waals surface area contributed by atoms with Gasteiger partial charge in [0.2, 0.25) is 0 Å². The summed E-state index contributed by atoms with van der Waals surface area (Å²) < 4.78 is 0. The summed E-state index contributed by atoms with van der Waals surface area (Å²) in [6, 6.07) is 2.30. The van der Waals surface area contributed by atoms with Crippen LogP contribution >= 0.6 is 0 Å². The standard InChI is InChI=1S/C13H17N3.C2H6/c1-8(2)11-7-15-12-4-10(5-14)6-16-13(12)9(11)3;1-2/h7-8,10,16H,4,6H2,1-3H3;1-2H3. The topological polar surface area (TPSA) is 48.7 Å². The molecule has 1 aliphatic rings. The summed E-state index contributed by atoms with van der Waals surface area (Å²) in [5, 5.41) is 12.3. The van der Waals surface area contributed by atoms with Crippen LogP contribution in [0.15, 0.2) is 6.20 Å². The summed E-state index contributed by atoms with van der Waals surface area (Å²) in [4.78, 5) is 4.49. The van der Waals surface area contributed by atoms with Gasteiger partial charge in [0.1, 0.15) is 0 Å². The fourth-order valence-corrected chi connectivity index (χ4v) is 2.26. The zero-order chi connectivity index (χ0) is 13.7. The van der Waals surface area contributed by atoms with Gasteiger partial charge in [-0.2, -0.15) is 5.26 Å². The molecule has 0 saturated carbocycles. The van der Waals surface area contributed by atoms with E-state index in [-0.39, 0.29) is 5.92 Å². The van der Waals surface area contributed by atoms with Crippen molar-refractivity contribution in [1.29, 1.82) is 5.26 Å². The van der Waals surface area contributed by atoms with Gasteiger partial charge in [0.25, 0.3) is 0 Å². The van der Waals surface area contributed by atoms with Crippen LogP contribution in [0, 0.1) is 24.2 Å². The van der Waals surface area contributed by atoms with Gasteiger partial charge >= 0.3 is 0 Å². The third kappa shape index (κ3) is 2.81. The molecule has 3 heteroatoms. The molecular weight excluding hydrogens is 222 g/mol. The van der Waals surface area contributed by atoms with Crippen LogP contribution in [0.5, 0.6) is 0 Å². The van der Waals surface area contributed by atoms with Gasteiger partial charge in [-0.15, -0.1) is 0 Å². The highest BCUT2D eigenvalue weighted by Crippen LogP contribution is 2.31. The lowest BCUT2D eigenvalue weighted by molar-refractivity contribution is 0.654. The zero-order valence-electron chi connectivity index (χ0n) is 12.0. The summed E-state index contributed by atoms with van der Waals surface area (Å²) in [5.41, 5.74) is 4.77. The maximum absolute atomic E-state index is 8.91. The van der Waals surface area contributed by atoms with E-state index < -0.39 is 0 Å². The Balaban J connectivity index is 0.000000771. The van der Waals surface area contributed by atoms with Crippen LogP contribution in [0.2, 0.25) is 0 Å². The van der Waals surface area contributed by atoms with Crippen LogP contribution in [-0.4, -0.2) is 11.5 Å². The van der Waals surface area contributed by atoms with Crippen molar-refractivity contribution < 1.29 is 0 Å². The van der Waals surface area contributed by atoms with Gasteiger partial charge in [-0.05, 0) is 24.0 Å². The summed E-state index contributed by atoms with van der Waals surface area (Å²) in [7, 11) is 0. The van der Waals surface area contributed by atoms with Crippen molar-refractivity contribution in [2.24, 2.45) is 5.92 Å². The second-order valence-electron chi connectivity index (χ2n) is 4.73. The van der Waals surface area contributed by atoms with Gasteiger partial charge in [-0.1, -0.05) is 27.7 Å². The van der Waals surface area contributed by atoms with Gasteiger partial charge in [-0.25, -0.2) is 0 Å². The second-order valence-corrected chi connectivity index (χ2v) is 4.73. The number of nitrogens with one attached hydrogen (secondary N) is 1. The first-order valence-corrected chi connectivity index (χ1v) is 6.75. The highest BCUT2D eigenvalue weighted by molar-refractivity contribution is 5.59. The Hall–Kier alpha value is -1.56. The summed E-state index contributed by atoms with van der Waals surface area (Å²) in [6.07, 6.45) is 2.73. The van der Waals surface area contributed by atoms with Crippen LogP contribution < -0.4 is 5.32 Å². The Morgan fingerprint density at radius 1 is 1.44 bits per heavy atom. The molecule has 2 rings (SSSR count). The average molecular weight is 245 g/mol. The minimum Gasteiger partial charge on any atom is -0.382 e. The number of nitriles is 1. The van der Waals surface area contributed by atoms with E-state index in [0.717, 1.165) is 24.3 Å². The van der Waals surface area contributed by atoms with Crippen molar-refractivity contribution in [3.8, 4) is 6.07 Å². The summed E-state index contributed by atoms with van der Waals surface area (Å²) >= 11 is 0. The largest absolute Gasteiger partial charge is 0.382 e. The van der Waals surface area contributed by atoms with Crippen LogP contribution in [-0.2, 0) is 6.42 Å². The fraction of sp³-hybridized carbons (Fsp3) is 0.600. The number of hydrogen-bond donors (Lipinski definition) is 1. The predicted molar refractivity (Wildman–Crippen MR) is 75.7 cm³/mol. The average Bonchev–Trinajstić information content (AvgIpc) is 2.40. The lowest BCUT2D eigenvalue weighted by atomic mass is 9.93. The number of fused-ring (bicyclic) bond motifs is 1. The van der Waals surface area contributed by atoms with Crippen LogP contribution in [0.25, 0.3) is 0 Å². The van der Waals surface area contributed by atoms with E-state index >= 15 is 0 Å². The Bertz CT molecular complexity index is 444. The SMILES string of the molecule is CC.Cc1c(C(C)C)cnc2c1NCC(C#N)C2. The van der Waals surface area contributed by atoms with Crippen molar-refractivity contribution in [2.45, 2.75) is 47.0 Å². The minimum atomic E-state index is 0.0595. The van der Waals surface area contributed by atoms with Crippen LogP contribution in [0.1, 0.15) is 50.4 Å². The number of hydrogen-bond acceptors (Lipinski definition) is 3. The maximum Gasteiger partial charge on any atom is 0.0692 e. The van der Waals surface area contributed by atoms with Gasteiger partial charge in [0.05, 0.1) is 23.4 Å². The Morgan fingerprint density at radius 3 is 2.67 bits per heavy atom. The van der Waals surface area contributed by atoms with E-state index in [9.17, 15) is 0 Å². The molecule has 3 nitrogen and oxygen atoms in total. The molecule has 0 amide bonds. The molecule has 0 aromatic carbocycles. The molecule has 0 bridgehead atoms. The van der Waals surface area contributed by atoms with Gasteiger partial charge in [0, 0.05) is 19.2 Å². The number of aromatic nitrogens is 1. The molecule has 1 atom stereocenters. The molecule has 98 valence electrons. The van der Waals surface area contributed by atoms with Crippen molar-refractivity contribution in [2.75, 3.05) is 11.9 Å². The highest BCUT2D eigenvalue weighted by Gasteiger charge is 2.21. The molecule has 0 spiro atoms. The Labute approximate surface area is 110 Å².